The fourth-order valence-electron chi connectivity index (χ4n) is 3.11. The summed E-state index contributed by atoms with van der Waals surface area (Å²) in [6.07, 6.45) is 3.17. The quantitative estimate of drug-likeness (QED) is 0.658. The van der Waals surface area contributed by atoms with Gasteiger partial charge in [-0.05, 0) is 43.2 Å². The highest BCUT2D eigenvalue weighted by Crippen LogP contribution is 2.29. The van der Waals surface area contributed by atoms with Crippen molar-refractivity contribution in [1.29, 1.82) is 0 Å². The molecule has 1 aliphatic heterocycles. The summed E-state index contributed by atoms with van der Waals surface area (Å²) in [5, 5.41) is 7.77. The summed E-state index contributed by atoms with van der Waals surface area (Å²) < 4.78 is 5.43. The van der Waals surface area contributed by atoms with Gasteiger partial charge in [-0.3, -0.25) is 4.98 Å². The number of halogens is 2. The van der Waals surface area contributed by atoms with Gasteiger partial charge < -0.3 is 14.7 Å². The lowest BCUT2D eigenvalue weighted by molar-refractivity contribution is 0.187. The van der Waals surface area contributed by atoms with E-state index < -0.39 is 0 Å². The van der Waals surface area contributed by atoms with Crippen molar-refractivity contribution in [3.63, 3.8) is 0 Å². The molecule has 1 aliphatic rings. The number of hydrogen-bond donors (Lipinski definition) is 1. The second-order valence-electron chi connectivity index (χ2n) is 6.49. The molecule has 1 fully saturated rings. The first-order chi connectivity index (χ1) is 13.6. The predicted molar refractivity (Wildman–Crippen MR) is 107 cm³/mol. The summed E-state index contributed by atoms with van der Waals surface area (Å²) in [5.74, 6) is 1.18. The summed E-state index contributed by atoms with van der Waals surface area (Å²) in [6.45, 7) is 1.17. The smallest absolute Gasteiger partial charge is 0.321 e. The van der Waals surface area contributed by atoms with Crippen LogP contribution in [0.3, 0.4) is 0 Å². The molecule has 0 radical (unpaired) electrons. The van der Waals surface area contributed by atoms with Crippen LogP contribution in [0, 0.1) is 0 Å². The molecule has 0 bridgehead atoms. The molecule has 0 spiro atoms. The third-order valence-electron chi connectivity index (χ3n) is 4.64. The van der Waals surface area contributed by atoms with E-state index in [0.29, 0.717) is 46.2 Å². The number of piperidine rings is 1. The standard InChI is InChI=1S/C19H17Cl2N5O2/c20-13-4-5-15(14(21)11-13)23-19(27)26-9-6-12(7-10-26)18-24-17(25-28-18)16-3-1-2-8-22-16/h1-5,8,11-12H,6-7,9-10H2,(H,23,27). The van der Waals surface area contributed by atoms with Crippen molar-refractivity contribution >= 4 is 34.9 Å². The molecule has 2 aromatic heterocycles. The molecule has 1 saturated heterocycles. The molecule has 28 heavy (non-hydrogen) atoms. The zero-order valence-corrected chi connectivity index (χ0v) is 16.3. The highest BCUT2D eigenvalue weighted by molar-refractivity contribution is 6.36. The topological polar surface area (TPSA) is 84.2 Å². The number of nitrogens with zero attached hydrogens (tertiary/aromatic N) is 4. The minimum absolute atomic E-state index is 0.119. The third kappa shape index (κ3) is 4.10. The summed E-state index contributed by atoms with van der Waals surface area (Å²) >= 11 is 12.0. The number of pyridine rings is 1. The Morgan fingerprint density at radius 2 is 2.00 bits per heavy atom. The van der Waals surface area contributed by atoms with Crippen LogP contribution >= 0.6 is 23.2 Å². The zero-order valence-electron chi connectivity index (χ0n) is 14.8. The Morgan fingerprint density at radius 3 is 2.71 bits per heavy atom. The van der Waals surface area contributed by atoms with E-state index in [0.717, 1.165) is 12.8 Å². The zero-order chi connectivity index (χ0) is 19.5. The largest absolute Gasteiger partial charge is 0.339 e. The van der Waals surface area contributed by atoms with Gasteiger partial charge >= 0.3 is 6.03 Å². The molecule has 3 aromatic rings. The number of carbonyl (C=O) groups is 1. The summed E-state index contributed by atoms with van der Waals surface area (Å²) in [4.78, 5) is 23.0. The van der Waals surface area contributed by atoms with E-state index in [9.17, 15) is 4.79 Å². The summed E-state index contributed by atoms with van der Waals surface area (Å²) in [6, 6.07) is 10.3. The number of rotatable bonds is 3. The van der Waals surface area contributed by atoms with Crippen molar-refractivity contribution < 1.29 is 9.32 Å². The summed E-state index contributed by atoms with van der Waals surface area (Å²) in [5.41, 5.74) is 1.21. The van der Waals surface area contributed by atoms with E-state index in [1.807, 2.05) is 18.2 Å². The number of nitrogens with one attached hydrogen (secondary N) is 1. The van der Waals surface area contributed by atoms with Gasteiger partial charge in [0.15, 0.2) is 0 Å². The highest BCUT2D eigenvalue weighted by atomic mass is 35.5. The van der Waals surface area contributed by atoms with Gasteiger partial charge in [0.05, 0.1) is 10.7 Å². The van der Waals surface area contributed by atoms with E-state index in [2.05, 4.69) is 20.4 Å². The van der Waals surface area contributed by atoms with Gasteiger partial charge in [-0.25, -0.2) is 4.79 Å². The second-order valence-corrected chi connectivity index (χ2v) is 7.33. The Kier molecular flexibility index (Phi) is 5.45. The van der Waals surface area contributed by atoms with E-state index in [4.69, 9.17) is 27.7 Å². The number of hydrogen-bond acceptors (Lipinski definition) is 5. The number of aromatic nitrogens is 3. The molecule has 4 rings (SSSR count). The number of anilines is 1. The van der Waals surface area contributed by atoms with Crippen LogP contribution in [0.4, 0.5) is 10.5 Å². The van der Waals surface area contributed by atoms with E-state index in [1.165, 1.54) is 0 Å². The minimum atomic E-state index is -0.192. The Labute approximate surface area is 171 Å². The molecule has 3 heterocycles. The Hall–Kier alpha value is -2.64. The van der Waals surface area contributed by atoms with Crippen molar-refractivity contribution in [2.45, 2.75) is 18.8 Å². The van der Waals surface area contributed by atoms with Crippen LogP contribution in [0.15, 0.2) is 47.1 Å². The van der Waals surface area contributed by atoms with Crippen LogP contribution in [-0.4, -0.2) is 39.1 Å². The van der Waals surface area contributed by atoms with Gasteiger partial charge in [0.25, 0.3) is 0 Å². The first-order valence-corrected chi connectivity index (χ1v) is 9.62. The number of amides is 2. The van der Waals surface area contributed by atoms with Gasteiger partial charge in [0.1, 0.15) is 5.69 Å². The predicted octanol–water partition coefficient (Wildman–Crippen LogP) is 4.85. The van der Waals surface area contributed by atoms with Crippen LogP contribution in [0.5, 0.6) is 0 Å². The van der Waals surface area contributed by atoms with Gasteiger partial charge in [0, 0.05) is 30.2 Å². The molecule has 0 atom stereocenters. The third-order valence-corrected chi connectivity index (χ3v) is 5.19. The van der Waals surface area contributed by atoms with E-state index in [1.54, 1.807) is 29.3 Å². The maximum Gasteiger partial charge on any atom is 0.321 e. The normalized spacial score (nSPS) is 14.9. The van der Waals surface area contributed by atoms with Crippen molar-refractivity contribution in [2.75, 3.05) is 18.4 Å². The van der Waals surface area contributed by atoms with Gasteiger partial charge in [-0.1, -0.05) is 34.4 Å². The molecular formula is C19H17Cl2N5O2. The van der Waals surface area contributed by atoms with Crippen LogP contribution in [-0.2, 0) is 0 Å². The van der Waals surface area contributed by atoms with Crippen LogP contribution in [0.1, 0.15) is 24.7 Å². The van der Waals surface area contributed by atoms with E-state index in [-0.39, 0.29) is 11.9 Å². The number of likely N-dealkylation sites (tertiary alicyclic amines) is 1. The van der Waals surface area contributed by atoms with E-state index >= 15 is 0 Å². The van der Waals surface area contributed by atoms with Crippen molar-refractivity contribution in [2.24, 2.45) is 0 Å². The SMILES string of the molecule is O=C(Nc1ccc(Cl)cc1Cl)N1CCC(c2nc(-c3ccccn3)no2)CC1. The Morgan fingerprint density at radius 1 is 1.18 bits per heavy atom. The molecule has 1 N–H and O–H groups in total. The lowest BCUT2D eigenvalue weighted by Gasteiger charge is -2.30. The molecule has 0 aliphatic carbocycles. The first-order valence-electron chi connectivity index (χ1n) is 8.86. The highest BCUT2D eigenvalue weighted by Gasteiger charge is 2.28. The minimum Gasteiger partial charge on any atom is -0.339 e. The first kappa shape index (κ1) is 18.7. The molecule has 0 saturated carbocycles. The molecule has 0 unspecified atom stereocenters. The second kappa shape index (κ2) is 8.16. The summed E-state index contributed by atoms with van der Waals surface area (Å²) in [7, 11) is 0. The maximum absolute atomic E-state index is 12.5. The van der Waals surface area contributed by atoms with Crippen molar-refractivity contribution in [1.82, 2.24) is 20.0 Å². The monoisotopic (exact) mass is 417 g/mol. The van der Waals surface area contributed by atoms with Gasteiger partial charge in [-0.2, -0.15) is 4.98 Å². The van der Waals surface area contributed by atoms with Crippen molar-refractivity contribution in [3.8, 4) is 11.5 Å². The lowest BCUT2D eigenvalue weighted by atomic mass is 9.97. The molecular weight excluding hydrogens is 401 g/mol. The van der Waals surface area contributed by atoms with Crippen molar-refractivity contribution in [3.05, 3.63) is 58.5 Å². The molecule has 7 nitrogen and oxygen atoms in total. The average Bonchev–Trinajstić information content (AvgIpc) is 3.21. The Bertz CT molecular complexity index is 971. The molecule has 9 heteroatoms. The maximum atomic E-state index is 12.5. The fourth-order valence-corrected chi connectivity index (χ4v) is 3.57. The number of urea groups is 1. The molecule has 2 amide bonds. The number of carbonyl (C=O) groups excluding carboxylic acids is 1. The molecule has 1 aromatic carbocycles. The molecule has 144 valence electrons. The van der Waals surface area contributed by atoms with Gasteiger partial charge in [-0.15, -0.1) is 0 Å². The van der Waals surface area contributed by atoms with Crippen LogP contribution < -0.4 is 5.32 Å². The van der Waals surface area contributed by atoms with Gasteiger partial charge in [0.2, 0.25) is 11.7 Å². The lowest BCUT2D eigenvalue weighted by Crippen LogP contribution is -2.40. The number of benzene rings is 1. The Balaban J connectivity index is 1.35. The average molecular weight is 418 g/mol. The fraction of sp³-hybridized carbons (Fsp3) is 0.263. The van der Waals surface area contributed by atoms with Crippen LogP contribution in [0.2, 0.25) is 10.0 Å². The van der Waals surface area contributed by atoms with Crippen LogP contribution in [0.25, 0.3) is 11.5 Å².